The summed E-state index contributed by atoms with van der Waals surface area (Å²) in [5.41, 5.74) is 0. The molecule has 2 aliphatic heterocycles. The lowest BCUT2D eigenvalue weighted by atomic mass is 10.1. The zero-order valence-corrected chi connectivity index (χ0v) is 10.5. The van der Waals surface area contributed by atoms with Crippen LogP contribution in [0.2, 0.25) is 5.02 Å². The quantitative estimate of drug-likeness (QED) is 0.827. The Bertz CT molecular complexity index is 434. The van der Waals surface area contributed by atoms with Gasteiger partial charge in [-0.25, -0.2) is 0 Å². The summed E-state index contributed by atoms with van der Waals surface area (Å²) in [6, 6.07) is 7.62. The van der Waals surface area contributed by atoms with Crippen molar-refractivity contribution in [1.82, 2.24) is 0 Å². The standard InChI is InChI=1S/C12H11ClO3S/c13-7-1-3-8(4-2-7)17-11-5-9(14)12-15-6-10(11)16-12/h1-4,10-12H,5-6H2/t10-,11-,12-/m0/s1. The number of thioether (sulfide) groups is 1. The molecule has 1 aromatic rings. The van der Waals surface area contributed by atoms with Crippen molar-refractivity contribution in [3.63, 3.8) is 0 Å². The Morgan fingerprint density at radius 1 is 1.29 bits per heavy atom. The fraction of sp³-hybridized carbons (Fsp3) is 0.417. The lowest BCUT2D eigenvalue weighted by Crippen LogP contribution is -2.37. The zero-order valence-electron chi connectivity index (χ0n) is 8.97. The van der Waals surface area contributed by atoms with Gasteiger partial charge in [0.15, 0.2) is 5.78 Å². The minimum atomic E-state index is -0.609. The van der Waals surface area contributed by atoms with Gasteiger partial charge in [0.2, 0.25) is 6.29 Å². The maximum Gasteiger partial charge on any atom is 0.218 e. The van der Waals surface area contributed by atoms with Crippen LogP contribution in [-0.4, -0.2) is 30.0 Å². The lowest BCUT2D eigenvalue weighted by Gasteiger charge is -2.25. The van der Waals surface area contributed by atoms with Crippen molar-refractivity contribution < 1.29 is 14.3 Å². The summed E-state index contributed by atoms with van der Waals surface area (Å²) in [7, 11) is 0. The van der Waals surface area contributed by atoms with E-state index in [0.717, 1.165) is 9.92 Å². The van der Waals surface area contributed by atoms with Gasteiger partial charge in [-0.2, -0.15) is 0 Å². The third-order valence-electron chi connectivity index (χ3n) is 2.89. The molecular formula is C12H11ClO3S. The Labute approximate surface area is 108 Å². The highest BCUT2D eigenvalue weighted by molar-refractivity contribution is 8.00. The molecule has 1 aromatic carbocycles. The first-order valence-corrected chi connectivity index (χ1v) is 6.70. The van der Waals surface area contributed by atoms with Crippen LogP contribution in [0.5, 0.6) is 0 Å². The van der Waals surface area contributed by atoms with Crippen molar-refractivity contribution in [3.05, 3.63) is 29.3 Å². The van der Waals surface area contributed by atoms with Crippen molar-refractivity contribution in [2.24, 2.45) is 0 Å². The van der Waals surface area contributed by atoms with Gasteiger partial charge in [0.1, 0.15) is 0 Å². The molecule has 2 fully saturated rings. The van der Waals surface area contributed by atoms with Crippen LogP contribution in [0.15, 0.2) is 29.2 Å². The molecule has 90 valence electrons. The van der Waals surface area contributed by atoms with Crippen LogP contribution in [0.3, 0.4) is 0 Å². The van der Waals surface area contributed by atoms with Gasteiger partial charge in [0.05, 0.1) is 12.7 Å². The number of benzene rings is 1. The minimum absolute atomic E-state index is 0.0263. The molecular weight excluding hydrogens is 260 g/mol. The van der Waals surface area contributed by atoms with Gasteiger partial charge >= 0.3 is 0 Å². The van der Waals surface area contributed by atoms with E-state index in [1.165, 1.54) is 0 Å². The Morgan fingerprint density at radius 3 is 2.82 bits per heavy atom. The van der Waals surface area contributed by atoms with E-state index in [4.69, 9.17) is 21.1 Å². The van der Waals surface area contributed by atoms with Gasteiger partial charge in [-0.15, -0.1) is 11.8 Å². The predicted octanol–water partition coefficient (Wildman–Crippen LogP) is 2.52. The number of ether oxygens (including phenoxy) is 2. The number of rotatable bonds is 2. The first-order chi connectivity index (χ1) is 8.22. The molecule has 0 spiro atoms. The number of carbonyl (C=O) groups excluding carboxylic acids is 1. The molecule has 0 unspecified atom stereocenters. The van der Waals surface area contributed by atoms with E-state index in [9.17, 15) is 4.79 Å². The Morgan fingerprint density at radius 2 is 2.06 bits per heavy atom. The zero-order chi connectivity index (χ0) is 11.8. The molecule has 0 radical (unpaired) electrons. The van der Waals surface area contributed by atoms with Crippen molar-refractivity contribution in [2.75, 3.05) is 6.61 Å². The molecule has 17 heavy (non-hydrogen) atoms. The first-order valence-electron chi connectivity index (χ1n) is 5.44. The number of Topliss-reactive ketones (excluding diaryl/α,β-unsaturated/α-hetero) is 1. The summed E-state index contributed by atoms with van der Waals surface area (Å²) in [5.74, 6) is 0.0465. The molecule has 0 aliphatic carbocycles. The van der Waals surface area contributed by atoms with Gasteiger partial charge in [0.25, 0.3) is 0 Å². The van der Waals surface area contributed by atoms with Gasteiger partial charge in [0, 0.05) is 21.6 Å². The van der Waals surface area contributed by atoms with E-state index in [1.807, 2.05) is 24.3 Å². The van der Waals surface area contributed by atoms with Gasteiger partial charge in [-0.3, -0.25) is 4.79 Å². The first kappa shape index (κ1) is 11.5. The molecule has 0 aromatic heterocycles. The molecule has 0 saturated carbocycles. The molecule has 2 saturated heterocycles. The lowest BCUT2D eigenvalue weighted by molar-refractivity contribution is -0.151. The SMILES string of the molecule is O=C1C[C@H](Sc2ccc(Cl)cc2)[C@@H]2CO[C@H]1O2. The molecule has 0 N–H and O–H groups in total. The molecule has 0 amide bonds. The van der Waals surface area contributed by atoms with E-state index in [2.05, 4.69) is 0 Å². The van der Waals surface area contributed by atoms with Gasteiger partial charge in [-0.1, -0.05) is 11.6 Å². The maximum atomic E-state index is 11.6. The Hall–Kier alpha value is -0.550. The summed E-state index contributed by atoms with van der Waals surface area (Å²) in [6.07, 6.45) is -0.0664. The second-order valence-electron chi connectivity index (χ2n) is 4.12. The Balaban J connectivity index is 1.72. The molecule has 3 rings (SSSR count). The van der Waals surface area contributed by atoms with Gasteiger partial charge in [-0.05, 0) is 24.3 Å². The molecule has 3 atom stereocenters. The monoisotopic (exact) mass is 270 g/mol. The van der Waals surface area contributed by atoms with E-state index < -0.39 is 6.29 Å². The number of hydrogen-bond acceptors (Lipinski definition) is 4. The second-order valence-corrected chi connectivity index (χ2v) is 5.87. The molecule has 2 bridgehead atoms. The third kappa shape index (κ3) is 2.36. The highest BCUT2D eigenvalue weighted by Crippen LogP contribution is 2.36. The van der Waals surface area contributed by atoms with E-state index >= 15 is 0 Å². The molecule has 2 heterocycles. The molecule has 2 aliphatic rings. The van der Waals surface area contributed by atoms with Crippen molar-refractivity contribution in [1.29, 1.82) is 0 Å². The number of halogens is 1. The van der Waals surface area contributed by atoms with E-state index in [-0.39, 0.29) is 17.1 Å². The topological polar surface area (TPSA) is 35.5 Å². The average Bonchev–Trinajstić information content (AvgIpc) is 2.75. The van der Waals surface area contributed by atoms with Crippen LogP contribution in [0.4, 0.5) is 0 Å². The van der Waals surface area contributed by atoms with Crippen LogP contribution in [0.25, 0.3) is 0 Å². The summed E-state index contributed by atoms with van der Waals surface area (Å²) in [5, 5.41) is 0.858. The maximum absolute atomic E-state index is 11.6. The largest absolute Gasteiger partial charge is 0.343 e. The minimum Gasteiger partial charge on any atom is -0.343 e. The fourth-order valence-electron chi connectivity index (χ4n) is 2.01. The average molecular weight is 271 g/mol. The number of fused-ring (bicyclic) bond motifs is 2. The van der Waals surface area contributed by atoms with Crippen LogP contribution < -0.4 is 0 Å². The summed E-state index contributed by atoms with van der Waals surface area (Å²) >= 11 is 7.48. The molecule has 5 heteroatoms. The molecule has 3 nitrogen and oxygen atoms in total. The highest BCUT2D eigenvalue weighted by atomic mass is 35.5. The van der Waals surface area contributed by atoms with Crippen LogP contribution in [0.1, 0.15) is 6.42 Å². The normalized spacial score (nSPS) is 31.8. The third-order valence-corrected chi connectivity index (χ3v) is 4.46. The summed E-state index contributed by atoms with van der Waals surface area (Å²) < 4.78 is 10.8. The van der Waals surface area contributed by atoms with E-state index in [1.54, 1.807) is 11.8 Å². The highest BCUT2D eigenvalue weighted by Gasteiger charge is 2.43. The van der Waals surface area contributed by atoms with E-state index in [0.29, 0.717) is 13.0 Å². The predicted molar refractivity (Wildman–Crippen MR) is 65.3 cm³/mol. The van der Waals surface area contributed by atoms with Crippen molar-refractivity contribution in [2.45, 2.75) is 29.0 Å². The Kier molecular flexibility index (Phi) is 3.13. The van der Waals surface area contributed by atoms with Crippen LogP contribution in [0, 0.1) is 0 Å². The second kappa shape index (κ2) is 4.61. The smallest absolute Gasteiger partial charge is 0.218 e. The summed E-state index contributed by atoms with van der Waals surface area (Å²) in [6.45, 7) is 0.516. The van der Waals surface area contributed by atoms with Gasteiger partial charge < -0.3 is 9.47 Å². The number of hydrogen-bond donors (Lipinski definition) is 0. The van der Waals surface area contributed by atoms with Crippen molar-refractivity contribution >= 4 is 29.1 Å². The number of carbonyl (C=O) groups is 1. The number of ketones is 1. The fourth-order valence-corrected chi connectivity index (χ4v) is 3.33. The van der Waals surface area contributed by atoms with Crippen LogP contribution in [-0.2, 0) is 14.3 Å². The van der Waals surface area contributed by atoms with Crippen molar-refractivity contribution in [3.8, 4) is 0 Å². The van der Waals surface area contributed by atoms with Crippen LogP contribution >= 0.6 is 23.4 Å². The summed E-state index contributed by atoms with van der Waals surface area (Å²) in [4.78, 5) is 12.7.